The van der Waals surface area contributed by atoms with E-state index in [0.717, 1.165) is 5.56 Å². The van der Waals surface area contributed by atoms with Crippen LogP contribution in [0.2, 0.25) is 0 Å². The monoisotopic (exact) mass is 302 g/mol. The van der Waals surface area contributed by atoms with Gasteiger partial charge in [0.1, 0.15) is 0 Å². The molecule has 22 heavy (non-hydrogen) atoms. The number of benzene rings is 1. The lowest BCUT2D eigenvalue weighted by molar-refractivity contribution is -0.124. The molecule has 1 aromatic heterocycles. The van der Waals surface area contributed by atoms with E-state index in [2.05, 4.69) is 15.5 Å². The first kappa shape index (κ1) is 16.2. The van der Waals surface area contributed by atoms with Crippen LogP contribution in [0.3, 0.4) is 0 Å². The molecular formula is C16H22N4O2. The Morgan fingerprint density at radius 3 is 2.73 bits per heavy atom. The number of nitrogens with one attached hydrogen (secondary N) is 1. The fourth-order valence-corrected chi connectivity index (χ4v) is 1.92. The molecule has 2 rings (SSSR count). The Bertz CT molecular complexity index is 595. The van der Waals surface area contributed by atoms with E-state index >= 15 is 0 Å². The average molecular weight is 302 g/mol. The lowest BCUT2D eigenvalue weighted by Crippen LogP contribution is -2.42. The van der Waals surface area contributed by atoms with Gasteiger partial charge in [-0.25, -0.2) is 0 Å². The summed E-state index contributed by atoms with van der Waals surface area (Å²) in [7, 11) is 3.75. The number of carbonyl (C=O) groups excluding carboxylic acids is 1. The Morgan fingerprint density at radius 2 is 2.05 bits per heavy atom. The number of hydrogen-bond donors (Lipinski definition) is 1. The summed E-state index contributed by atoms with van der Waals surface area (Å²) < 4.78 is 5.20. The molecule has 0 aliphatic carbocycles. The first-order chi connectivity index (χ1) is 10.6. The third kappa shape index (κ3) is 4.66. The Hall–Kier alpha value is -2.21. The topological polar surface area (TPSA) is 71.3 Å². The van der Waals surface area contributed by atoms with Crippen LogP contribution in [-0.4, -0.2) is 47.6 Å². The van der Waals surface area contributed by atoms with E-state index < -0.39 is 0 Å². The molecule has 0 aliphatic heterocycles. The van der Waals surface area contributed by atoms with Gasteiger partial charge in [0.2, 0.25) is 11.8 Å². The molecule has 1 aromatic carbocycles. The second-order valence-corrected chi connectivity index (χ2v) is 5.45. The Balaban J connectivity index is 1.79. The van der Waals surface area contributed by atoms with E-state index in [1.165, 1.54) is 0 Å². The molecule has 0 spiro atoms. The predicted octanol–water partition coefficient (Wildman–Crippen LogP) is 1.27. The minimum atomic E-state index is -0.156. The second kappa shape index (κ2) is 7.70. The molecule has 0 bridgehead atoms. The van der Waals surface area contributed by atoms with Gasteiger partial charge in [0.25, 0.3) is 0 Å². The van der Waals surface area contributed by atoms with Crippen LogP contribution in [0.5, 0.6) is 0 Å². The molecule has 0 unspecified atom stereocenters. The third-order valence-corrected chi connectivity index (χ3v) is 3.51. The highest BCUT2D eigenvalue weighted by molar-refractivity contribution is 5.81. The van der Waals surface area contributed by atoms with Crippen LogP contribution in [0.4, 0.5) is 0 Å². The number of rotatable bonds is 7. The molecule has 0 saturated heterocycles. The van der Waals surface area contributed by atoms with Crippen molar-refractivity contribution in [3.8, 4) is 0 Å². The SMILES string of the molecule is C[C@@H](C(=O)NCCc1nc(Cc2ccccc2)no1)N(C)C. The van der Waals surface area contributed by atoms with Crippen molar-refractivity contribution in [1.29, 1.82) is 0 Å². The zero-order valence-corrected chi connectivity index (χ0v) is 13.2. The summed E-state index contributed by atoms with van der Waals surface area (Å²) in [5, 5.41) is 6.83. The van der Waals surface area contributed by atoms with E-state index in [1.807, 2.05) is 56.3 Å². The summed E-state index contributed by atoms with van der Waals surface area (Å²) in [6.07, 6.45) is 1.18. The second-order valence-electron chi connectivity index (χ2n) is 5.45. The van der Waals surface area contributed by atoms with Crippen LogP contribution < -0.4 is 5.32 Å². The predicted molar refractivity (Wildman–Crippen MR) is 83.4 cm³/mol. The van der Waals surface area contributed by atoms with Gasteiger partial charge in [0.15, 0.2) is 5.82 Å². The van der Waals surface area contributed by atoms with Crippen LogP contribution in [0, 0.1) is 0 Å². The number of amides is 1. The molecule has 118 valence electrons. The quantitative estimate of drug-likeness (QED) is 0.834. The Labute approximate surface area is 130 Å². The molecule has 1 atom stereocenters. The van der Waals surface area contributed by atoms with Gasteiger partial charge in [-0.3, -0.25) is 9.69 Å². The fourth-order valence-electron chi connectivity index (χ4n) is 1.92. The number of likely N-dealkylation sites (N-methyl/N-ethyl adjacent to an activating group) is 1. The maximum Gasteiger partial charge on any atom is 0.237 e. The van der Waals surface area contributed by atoms with Crippen LogP contribution in [0.15, 0.2) is 34.9 Å². The molecule has 2 aromatic rings. The zero-order chi connectivity index (χ0) is 15.9. The largest absolute Gasteiger partial charge is 0.354 e. The summed E-state index contributed by atoms with van der Waals surface area (Å²) in [4.78, 5) is 18.0. The molecular weight excluding hydrogens is 280 g/mol. The fraction of sp³-hybridized carbons (Fsp3) is 0.438. The van der Waals surface area contributed by atoms with E-state index in [-0.39, 0.29) is 11.9 Å². The van der Waals surface area contributed by atoms with E-state index in [4.69, 9.17) is 4.52 Å². The average Bonchev–Trinajstić information content (AvgIpc) is 2.94. The van der Waals surface area contributed by atoms with Crippen molar-refractivity contribution >= 4 is 5.91 Å². The van der Waals surface area contributed by atoms with Gasteiger partial charge >= 0.3 is 0 Å². The van der Waals surface area contributed by atoms with E-state index in [9.17, 15) is 4.79 Å². The summed E-state index contributed by atoms with van der Waals surface area (Å²) in [5.74, 6) is 1.20. The summed E-state index contributed by atoms with van der Waals surface area (Å²) in [5.41, 5.74) is 1.14. The molecule has 6 heteroatoms. The highest BCUT2D eigenvalue weighted by Crippen LogP contribution is 2.06. The normalized spacial score (nSPS) is 12.4. The summed E-state index contributed by atoms with van der Waals surface area (Å²) in [6.45, 7) is 2.35. The summed E-state index contributed by atoms with van der Waals surface area (Å²) in [6, 6.07) is 9.84. The third-order valence-electron chi connectivity index (χ3n) is 3.51. The lowest BCUT2D eigenvalue weighted by atomic mass is 10.1. The van der Waals surface area contributed by atoms with Crippen molar-refractivity contribution in [1.82, 2.24) is 20.4 Å². The van der Waals surface area contributed by atoms with Gasteiger partial charge in [0, 0.05) is 19.4 Å². The minimum absolute atomic E-state index is 0.00553. The van der Waals surface area contributed by atoms with Gasteiger partial charge in [-0.15, -0.1) is 0 Å². The molecule has 0 aliphatic rings. The van der Waals surface area contributed by atoms with Crippen molar-refractivity contribution in [2.24, 2.45) is 0 Å². The van der Waals surface area contributed by atoms with Crippen molar-refractivity contribution in [2.75, 3.05) is 20.6 Å². The molecule has 6 nitrogen and oxygen atoms in total. The summed E-state index contributed by atoms with van der Waals surface area (Å²) >= 11 is 0. The van der Waals surface area contributed by atoms with Crippen LogP contribution in [0.25, 0.3) is 0 Å². The van der Waals surface area contributed by atoms with Crippen LogP contribution >= 0.6 is 0 Å². The lowest BCUT2D eigenvalue weighted by Gasteiger charge is -2.18. The smallest absolute Gasteiger partial charge is 0.237 e. The number of aromatic nitrogens is 2. The molecule has 1 amide bonds. The number of hydrogen-bond acceptors (Lipinski definition) is 5. The molecule has 1 heterocycles. The molecule has 1 N–H and O–H groups in total. The highest BCUT2D eigenvalue weighted by atomic mass is 16.5. The van der Waals surface area contributed by atoms with Gasteiger partial charge in [-0.2, -0.15) is 4.98 Å². The first-order valence-electron chi connectivity index (χ1n) is 7.36. The Kier molecular flexibility index (Phi) is 5.66. The standard InChI is InChI=1S/C16H22N4O2/c1-12(20(2)3)16(21)17-10-9-15-18-14(19-22-15)11-13-7-5-4-6-8-13/h4-8,12H,9-11H2,1-3H3,(H,17,21)/t12-/m0/s1. The van der Waals surface area contributed by atoms with Crippen LogP contribution in [-0.2, 0) is 17.6 Å². The van der Waals surface area contributed by atoms with Gasteiger partial charge < -0.3 is 9.84 Å². The Morgan fingerprint density at radius 1 is 1.32 bits per heavy atom. The minimum Gasteiger partial charge on any atom is -0.354 e. The first-order valence-corrected chi connectivity index (χ1v) is 7.36. The van der Waals surface area contributed by atoms with E-state index in [1.54, 1.807) is 0 Å². The van der Waals surface area contributed by atoms with Crippen LogP contribution in [0.1, 0.15) is 24.2 Å². The van der Waals surface area contributed by atoms with Gasteiger partial charge in [0.05, 0.1) is 6.04 Å². The van der Waals surface area contributed by atoms with Crippen molar-refractivity contribution in [3.63, 3.8) is 0 Å². The molecule has 0 saturated carbocycles. The van der Waals surface area contributed by atoms with Gasteiger partial charge in [-0.1, -0.05) is 35.5 Å². The van der Waals surface area contributed by atoms with Crippen molar-refractivity contribution < 1.29 is 9.32 Å². The van der Waals surface area contributed by atoms with Gasteiger partial charge in [-0.05, 0) is 26.6 Å². The maximum atomic E-state index is 11.8. The molecule has 0 radical (unpaired) electrons. The maximum absolute atomic E-state index is 11.8. The molecule has 0 fully saturated rings. The zero-order valence-electron chi connectivity index (χ0n) is 13.2. The van der Waals surface area contributed by atoms with Crippen molar-refractivity contribution in [3.05, 3.63) is 47.6 Å². The number of nitrogens with zero attached hydrogens (tertiary/aromatic N) is 3. The van der Waals surface area contributed by atoms with Crippen molar-refractivity contribution in [2.45, 2.75) is 25.8 Å². The van der Waals surface area contributed by atoms with E-state index in [0.29, 0.717) is 31.1 Å². The highest BCUT2D eigenvalue weighted by Gasteiger charge is 2.14. The number of carbonyl (C=O) groups is 1.